The van der Waals surface area contributed by atoms with Crippen molar-refractivity contribution in [3.05, 3.63) is 268 Å². The molecule has 0 spiro atoms. The van der Waals surface area contributed by atoms with Gasteiger partial charge in [-0.2, -0.15) is 0 Å². The highest BCUT2D eigenvalue weighted by atomic mass is 16.3. The maximum Gasteiger partial charge on any atom is 0.141 e. The summed E-state index contributed by atoms with van der Waals surface area (Å²) in [5.74, 6) is 0. The van der Waals surface area contributed by atoms with Crippen molar-refractivity contribution in [2.24, 2.45) is 0 Å². The molecule has 0 saturated carbocycles. The van der Waals surface area contributed by atoms with E-state index in [-0.39, 0.29) is 0 Å². The smallest absolute Gasteiger partial charge is 0.141 e. The van der Waals surface area contributed by atoms with Crippen molar-refractivity contribution in [2.45, 2.75) is 38.9 Å². The third kappa shape index (κ3) is 6.87. The molecule has 0 aliphatic carbocycles. The Morgan fingerprint density at radius 1 is 0.333 bits per heavy atom. The van der Waals surface area contributed by atoms with Crippen LogP contribution in [0, 0.1) is 27.7 Å². The van der Waals surface area contributed by atoms with Gasteiger partial charge in [-0.1, -0.05) is 198 Å². The molecule has 9 aromatic carbocycles. The van der Waals surface area contributed by atoms with Crippen LogP contribution in [0.3, 0.4) is 0 Å². The molecule has 3 heteroatoms. The molecule has 306 valence electrons. The van der Waals surface area contributed by atoms with E-state index in [1.807, 2.05) is 66.7 Å². The molecule has 0 unspecified atom stereocenters. The number of nitrogens with zero attached hydrogens (tertiary/aromatic N) is 1. The van der Waals surface area contributed by atoms with Crippen LogP contribution in [-0.2, 0) is 11.2 Å². The Labute approximate surface area is 369 Å². The molecule has 63 heavy (non-hydrogen) atoms. The lowest BCUT2D eigenvalue weighted by Gasteiger charge is -2.32. The minimum atomic E-state index is -1.42. The van der Waals surface area contributed by atoms with Crippen LogP contribution in [0.1, 0.15) is 55.6 Å². The van der Waals surface area contributed by atoms with Crippen molar-refractivity contribution in [1.29, 1.82) is 0 Å². The number of para-hydroxylation sites is 1. The molecule has 1 heterocycles. The Morgan fingerprint density at radius 3 is 1.00 bits per heavy atom. The number of rotatable bonds is 9. The highest BCUT2D eigenvalue weighted by Crippen LogP contribution is 2.46. The summed E-state index contributed by atoms with van der Waals surface area (Å²) in [6, 6.07) is 73.3. The van der Waals surface area contributed by atoms with Gasteiger partial charge >= 0.3 is 0 Å². The zero-order valence-electron chi connectivity index (χ0n) is 36.0. The van der Waals surface area contributed by atoms with Crippen LogP contribution in [0.15, 0.2) is 212 Å². The molecule has 0 saturated heterocycles. The monoisotopic (exact) mass is 815 g/mol. The predicted octanol–water partition coefficient (Wildman–Crippen LogP) is 13.9. The van der Waals surface area contributed by atoms with Crippen molar-refractivity contribution in [3.63, 3.8) is 0 Å². The fraction of sp³-hybridized carbons (Fsp3) is 0.100. The summed E-state index contributed by atoms with van der Waals surface area (Å²) in [5.41, 5.74) is 13.7. The van der Waals surface area contributed by atoms with E-state index in [1.165, 1.54) is 0 Å². The SMILES string of the molecule is Cc1ccc(C(O)(c2ccc(C)cc2)c2ccccc2-c2ccc3c(c2)c2cc(-c4ccccc4C(O)(c4ccc(C)cc4)c4ccc(C)cc4)ccc2n3-c2ccccc2)cc1. The van der Waals surface area contributed by atoms with Gasteiger partial charge in [0.25, 0.3) is 0 Å². The molecular formula is C60H49NO2. The number of fused-ring (bicyclic) bond motifs is 3. The lowest BCUT2D eigenvalue weighted by molar-refractivity contribution is 0.126. The number of hydrogen-bond acceptors (Lipinski definition) is 2. The molecule has 0 aliphatic rings. The predicted molar refractivity (Wildman–Crippen MR) is 261 cm³/mol. The maximum absolute atomic E-state index is 13.2. The standard InChI is InChI=1S/C60H49NO2/c1-40-18-28-46(29-19-40)59(62,47-30-20-41(2)21-31-47)55-16-10-8-14-51(55)44-26-36-57-53(38-44)54-39-45(27-37-58(54)61(57)50-12-6-5-7-13-50)52-15-9-11-17-56(52)60(63,48-32-22-42(3)23-33-48)49-34-24-43(4)25-35-49/h5-39,62-63H,1-4H3. The Hall–Kier alpha value is -7.30. The minimum absolute atomic E-state index is 0.810. The summed E-state index contributed by atoms with van der Waals surface area (Å²) >= 11 is 0. The van der Waals surface area contributed by atoms with E-state index in [1.54, 1.807) is 0 Å². The van der Waals surface area contributed by atoms with Crippen LogP contribution in [0.5, 0.6) is 0 Å². The van der Waals surface area contributed by atoms with Crippen LogP contribution < -0.4 is 0 Å². The second kappa shape index (κ2) is 15.9. The van der Waals surface area contributed by atoms with Gasteiger partial charge in [-0.3, -0.25) is 0 Å². The van der Waals surface area contributed by atoms with E-state index in [9.17, 15) is 10.2 Å². The van der Waals surface area contributed by atoms with Gasteiger partial charge in [-0.25, -0.2) is 0 Å². The number of aromatic nitrogens is 1. The Kier molecular flexibility index (Phi) is 10.0. The van der Waals surface area contributed by atoms with Gasteiger partial charge in [0.15, 0.2) is 0 Å². The number of benzene rings is 9. The van der Waals surface area contributed by atoms with E-state index < -0.39 is 11.2 Å². The summed E-state index contributed by atoms with van der Waals surface area (Å²) in [6.07, 6.45) is 0. The van der Waals surface area contributed by atoms with Crippen LogP contribution in [0.4, 0.5) is 0 Å². The molecule has 0 atom stereocenters. The van der Waals surface area contributed by atoms with Gasteiger partial charge in [0, 0.05) is 27.6 Å². The molecule has 0 aliphatic heterocycles. The van der Waals surface area contributed by atoms with E-state index in [0.717, 1.165) is 105 Å². The third-order valence-electron chi connectivity index (χ3n) is 12.9. The van der Waals surface area contributed by atoms with Gasteiger partial charge < -0.3 is 14.8 Å². The van der Waals surface area contributed by atoms with Crippen molar-refractivity contribution >= 4 is 21.8 Å². The number of aliphatic hydroxyl groups is 2. The molecule has 10 rings (SSSR count). The molecule has 0 bridgehead atoms. The van der Waals surface area contributed by atoms with Gasteiger partial charge in [0.1, 0.15) is 11.2 Å². The highest BCUT2D eigenvalue weighted by Gasteiger charge is 2.37. The van der Waals surface area contributed by atoms with Crippen molar-refractivity contribution < 1.29 is 10.2 Å². The third-order valence-corrected chi connectivity index (χ3v) is 12.9. The van der Waals surface area contributed by atoms with Crippen LogP contribution >= 0.6 is 0 Å². The average molecular weight is 816 g/mol. The lowest BCUT2D eigenvalue weighted by atomic mass is 9.76. The quantitative estimate of drug-likeness (QED) is 0.143. The van der Waals surface area contributed by atoms with Gasteiger partial charge in [-0.15, -0.1) is 0 Å². The molecule has 0 fully saturated rings. The molecule has 1 aromatic heterocycles. The summed E-state index contributed by atoms with van der Waals surface area (Å²) in [5, 5.41) is 28.6. The zero-order chi connectivity index (χ0) is 43.3. The second-order valence-corrected chi connectivity index (χ2v) is 17.1. The summed E-state index contributed by atoms with van der Waals surface area (Å²) in [6.45, 7) is 8.29. The fourth-order valence-corrected chi connectivity index (χ4v) is 9.45. The normalized spacial score (nSPS) is 12.0. The maximum atomic E-state index is 13.2. The van der Waals surface area contributed by atoms with E-state index in [2.05, 4.69) is 178 Å². The first-order chi connectivity index (χ1) is 30.6. The Morgan fingerprint density at radius 2 is 0.651 bits per heavy atom. The van der Waals surface area contributed by atoms with Crippen molar-refractivity contribution in [2.75, 3.05) is 0 Å². The first-order valence-electron chi connectivity index (χ1n) is 21.7. The van der Waals surface area contributed by atoms with Crippen molar-refractivity contribution in [1.82, 2.24) is 4.57 Å². The first kappa shape index (κ1) is 39.8. The minimum Gasteiger partial charge on any atom is -0.376 e. The summed E-state index contributed by atoms with van der Waals surface area (Å²) < 4.78 is 2.33. The van der Waals surface area contributed by atoms with E-state index >= 15 is 0 Å². The van der Waals surface area contributed by atoms with Crippen molar-refractivity contribution in [3.8, 4) is 27.9 Å². The average Bonchev–Trinajstić information content (AvgIpc) is 3.65. The first-order valence-corrected chi connectivity index (χ1v) is 21.7. The lowest BCUT2D eigenvalue weighted by Crippen LogP contribution is -2.29. The largest absolute Gasteiger partial charge is 0.376 e. The zero-order valence-corrected chi connectivity index (χ0v) is 36.0. The van der Waals surface area contributed by atoms with Crippen LogP contribution in [0.25, 0.3) is 49.7 Å². The summed E-state index contributed by atoms with van der Waals surface area (Å²) in [7, 11) is 0. The Bertz CT molecular complexity index is 2960. The second-order valence-electron chi connectivity index (χ2n) is 17.1. The molecule has 10 aromatic rings. The molecule has 2 N–H and O–H groups in total. The fourth-order valence-electron chi connectivity index (χ4n) is 9.45. The summed E-state index contributed by atoms with van der Waals surface area (Å²) in [4.78, 5) is 0. The van der Waals surface area contributed by atoms with Crippen LogP contribution in [0.2, 0.25) is 0 Å². The van der Waals surface area contributed by atoms with Gasteiger partial charge in [0.05, 0.1) is 11.0 Å². The number of hydrogen-bond donors (Lipinski definition) is 2. The van der Waals surface area contributed by atoms with E-state index in [0.29, 0.717) is 0 Å². The Balaban J connectivity index is 1.20. The van der Waals surface area contributed by atoms with Gasteiger partial charge in [-0.05, 0) is 109 Å². The van der Waals surface area contributed by atoms with Crippen LogP contribution in [-0.4, -0.2) is 14.8 Å². The topological polar surface area (TPSA) is 45.4 Å². The molecule has 0 radical (unpaired) electrons. The molecule has 0 amide bonds. The molecular weight excluding hydrogens is 767 g/mol. The number of aryl methyl sites for hydroxylation is 4. The molecule has 3 nitrogen and oxygen atoms in total. The van der Waals surface area contributed by atoms with Gasteiger partial charge in [0.2, 0.25) is 0 Å². The van der Waals surface area contributed by atoms with E-state index in [4.69, 9.17) is 0 Å². The highest BCUT2D eigenvalue weighted by molar-refractivity contribution is 6.12.